The molecule has 1 aliphatic carbocycles. The van der Waals surface area contributed by atoms with Crippen molar-refractivity contribution < 1.29 is 9.47 Å². The molecule has 0 radical (unpaired) electrons. The Labute approximate surface area is 179 Å². The number of hydrogen-bond acceptors (Lipinski definition) is 3. The number of benzene rings is 2. The van der Waals surface area contributed by atoms with Crippen LogP contribution in [0, 0.1) is 5.92 Å². The molecule has 1 saturated carbocycles. The van der Waals surface area contributed by atoms with Crippen molar-refractivity contribution in [2.24, 2.45) is 5.92 Å². The first-order valence-electron chi connectivity index (χ1n) is 11.2. The zero-order chi connectivity index (χ0) is 20.8. The Bertz CT molecular complexity index is 999. The Hall–Kier alpha value is -2.75. The third-order valence-corrected chi connectivity index (χ3v) is 6.12. The van der Waals surface area contributed by atoms with Crippen molar-refractivity contribution in [3.63, 3.8) is 0 Å². The maximum Gasteiger partial charge on any atom is 0.161 e. The summed E-state index contributed by atoms with van der Waals surface area (Å²) in [6.45, 7) is 3.44. The predicted molar refractivity (Wildman–Crippen MR) is 123 cm³/mol. The summed E-state index contributed by atoms with van der Waals surface area (Å²) >= 11 is 0. The highest BCUT2D eigenvalue weighted by molar-refractivity contribution is 5.75. The molecule has 0 N–H and O–H groups in total. The molecule has 0 amide bonds. The molecule has 4 heteroatoms. The smallest absolute Gasteiger partial charge is 0.161 e. The maximum absolute atomic E-state index is 6.18. The van der Waals surface area contributed by atoms with Gasteiger partial charge in [0.1, 0.15) is 12.4 Å². The SMILES string of the molecule is C/C=C\c1ccc(OCc2nc3ccccc3n2CCC2CCCCC2)c(OC)c1. The molecule has 0 atom stereocenters. The maximum atomic E-state index is 6.18. The van der Waals surface area contributed by atoms with Crippen LogP contribution in [-0.2, 0) is 13.2 Å². The van der Waals surface area contributed by atoms with E-state index >= 15 is 0 Å². The lowest BCUT2D eigenvalue weighted by molar-refractivity contribution is 0.268. The average Bonchev–Trinajstić information content (AvgIpc) is 3.15. The second-order valence-corrected chi connectivity index (χ2v) is 8.16. The molecular weight excluding hydrogens is 372 g/mol. The number of ether oxygens (including phenoxy) is 2. The van der Waals surface area contributed by atoms with E-state index in [1.54, 1.807) is 7.11 Å². The number of aromatic nitrogens is 2. The van der Waals surface area contributed by atoms with Crippen LogP contribution in [0.15, 0.2) is 48.5 Å². The Kier molecular flexibility index (Phi) is 6.73. The van der Waals surface area contributed by atoms with Crippen LogP contribution in [0.5, 0.6) is 11.5 Å². The van der Waals surface area contributed by atoms with Crippen molar-refractivity contribution in [1.82, 2.24) is 9.55 Å². The molecule has 3 aromatic rings. The van der Waals surface area contributed by atoms with Crippen molar-refractivity contribution in [1.29, 1.82) is 0 Å². The van der Waals surface area contributed by atoms with E-state index in [1.807, 2.05) is 31.2 Å². The summed E-state index contributed by atoms with van der Waals surface area (Å²) in [5, 5.41) is 0. The summed E-state index contributed by atoms with van der Waals surface area (Å²) in [4.78, 5) is 4.88. The molecule has 0 spiro atoms. The van der Waals surface area contributed by atoms with Gasteiger partial charge in [0.25, 0.3) is 0 Å². The quantitative estimate of drug-likeness (QED) is 0.423. The molecule has 2 aromatic carbocycles. The van der Waals surface area contributed by atoms with E-state index in [0.717, 1.165) is 40.9 Å². The Balaban J connectivity index is 1.53. The number of fused-ring (bicyclic) bond motifs is 1. The molecule has 1 aromatic heterocycles. The van der Waals surface area contributed by atoms with Gasteiger partial charge >= 0.3 is 0 Å². The van der Waals surface area contributed by atoms with E-state index in [9.17, 15) is 0 Å². The number of methoxy groups -OCH3 is 1. The molecule has 0 unspecified atom stereocenters. The van der Waals surface area contributed by atoms with Gasteiger partial charge in [0.05, 0.1) is 18.1 Å². The molecule has 1 fully saturated rings. The number of rotatable bonds is 8. The van der Waals surface area contributed by atoms with Crippen LogP contribution in [0.3, 0.4) is 0 Å². The molecular formula is C26H32N2O2. The third-order valence-electron chi connectivity index (χ3n) is 6.12. The predicted octanol–water partition coefficient (Wildman–Crippen LogP) is 6.63. The molecule has 4 nitrogen and oxygen atoms in total. The van der Waals surface area contributed by atoms with Crippen LogP contribution < -0.4 is 9.47 Å². The minimum absolute atomic E-state index is 0.429. The summed E-state index contributed by atoms with van der Waals surface area (Å²) in [6, 6.07) is 14.4. The highest BCUT2D eigenvalue weighted by Gasteiger charge is 2.17. The van der Waals surface area contributed by atoms with Crippen molar-refractivity contribution in [2.75, 3.05) is 7.11 Å². The van der Waals surface area contributed by atoms with Crippen LogP contribution in [0.4, 0.5) is 0 Å². The molecule has 30 heavy (non-hydrogen) atoms. The topological polar surface area (TPSA) is 36.3 Å². The van der Waals surface area contributed by atoms with Gasteiger partial charge in [0, 0.05) is 6.54 Å². The molecule has 0 bridgehead atoms. The van der Waals surface area contributed by atoms with Crippen molar-refractivity contribution in [3.05, 3.63) is 59.9 Å². The molecule has 1 heterocycles. The molecule has 1 aliphatic rings. The second kappa shape index (κ2) is 9.84. The van der Waals surface area contributed by atoms with Crippen molar-refractivity contribution in [2.45, 2.75) is 58.6 Å². The van der Waals surface area contributed by atoms with E-state index in [0.29, 0.717) is 6.61 Å². The number of nitrogens with zero attached hydrogens (tertiary/aromatic N) is 2. The van der Waals surface area contributed by atoms with Crippen molar-refractivity contribution in [3.8, 4) is 11.5 Å². The van der Waals surface area contributed by atoms with Crippen LogP contribution in [-0.4, -0.2) is 16.7 Å². The van der Waals surface area contributed by atoms with Crippen LogP contribution in [0.1, 0.15) is 56.8 Å². The minimum atomic E-state index is 0.429. The number of allylic oxidation sites excluding steroid dienone is 1. The fraction of sp³-hybridized carbons (Fsp3) is 0.423. The van der Waals surface area contributed by atoms with Gasteiger partial charge in [-0.15, -0.1) is 0 Å². The highest BCUT2D eigenvalue weighted by Crippen LogP contribution is 2.31. The van der Waals surface area contributed by atoms with Gasteiger partial charge in [-0.25, -0.2) is 4.98 Å². The lowest BCUT2D eigenvalue weighted by atomic mass is 9.87. The third kappa shape index (κ3) is 4.69. The first-order chi connectivity index (χ1) is 14.8. The van der Waals surface area contributed by atoms with E-state index in [-0.39, 0.29) is 0 Å². The van der Waals surface area contributed by atoms with Gasteiger partial charge < -0.3 is 14.0 Å². The van der Waals surface area contributed by atoms with Crippen LogP contribution >= 0.6 is 0 Å². The second-order valence-electron chi connectivity index (χ2n) is 8.16. The lowest BCUT2D eigenvalue weighted by Crippen LogP contribution is -2.13. The van der Waals surface area contributed by atoms with E-state index in [2.05, 4.69) is 34.9 Å². The molecule has 0 aliphatic heterocycles. The summed E-state index contributed by atoms with van der Waals surface area (Å²) in [5.74, 6) is 3.31. The van der Waals surface area contributed by atoms with E-state index < -0.39 is 0 Å². The lowest BCUT2D eigenvalue weighted by Gasteiger charge is -2.22. The van der Waals surface area contributed by atoms with Gasteiger partial charge in [-0.3, -0.25) is 0 Å². The zero-order valence-electron chi connectivity index (χ0n) is 18.1. The van der Waals surface area contributed by atoms with Crippen LogP contribution in [0.25, 0.3) is 17.1 Å². The number of para-hydroxylation sites is 2. The first kappa shape index (κ1) is 20.5. The average molecular weight is 405 g/mol. The molecule has 4 rings (SSSR count). The highest BCUT2D eigenvalue weighted by atomic mass is 16.5. The standard InChI is InChI=1S/C26H32N2O2/c1-3-9-21-14-15-24(25(18-21)29-2)30-19-26-27-22-12-7-8-13-23(22)28(26)17-16-20-10-5-4-6-11-20/h3,7-9,12-15,18,20H,4-6,10-11,16-17,19H2,1-2H3/b9-3-. The molecule has 0 saturated heterocycles. The van der Waals surface area contributed by atoms with Gasteiger partial charge in [-0.05, 0) is 49.1 Å². The van der Waals surface area contributed by atoms with Gasteiger partial charge in [0.15, 0.2) is 11.5 Å². The van der Waals surface area contributed by atoms with Gasteiger partial charge in [-0.2, -0.15) is 0 Å². The normalized spacial score (nSPS) is 15.1. The van der Waals surface area contributed by atoms with Crippen LogP contribution in [0.2, 0.25) is 0 Å². The number of aryl methyl sites for hydroxylation is 1. The monoisotopic (exact) mass is 404 g/mol. The Morgan fingerprint density at radius 1 is 1.07 bits per heavy atom. The van der Waals surface area contributed by atoms with Crippen molar-refractivity contribution >= 4 is 17.1 Å². The number of imidazole rings is 1. The fourth-order valence-corrected chi connectivity index (χ4v) is 4.51. The molecule has 158 valence electrons. The summed E-state index contributed by atoms with van der Waals surface area (Å²) < 4.78 is 14.1. The largest absolute Gasteiger partial charge is 0.493 e. The summed E-state index contributed by atoms with van der Waals surface area (Å²) in [6.07, 6.45) is 12.2. The Morgan fingerprint density at radius 3 is 2.70 bits per heavy atom. The number of hydrogen-bond donors (Lipinski definition) is 0. The van der Waals surface area contributed by atoms with Gasteiger partial charge in [0.2, 0.25) is 0 Å². The minimum Gasteiger partial charge on any atom is -0.493 e. The van der Waals surface area contributed by atoms with E-state index in [4.69, 9.17) is 14.5 Å². The van der Waals surface area contributed by atoms with Gasteiger partial charge in [-0.1, -0.05) is 62.5 Å². The summed E-state index contributed by atoms with van der Waals surface area (Å²) in [7, 11) is 1.68. The summed E-state index contributed by atoms with van der Waals surface area (Å²) in [5.41, 5.74) is 3.33. The first-order valence-corrected chi connectivity index (χ1v) is 11.2. The van der Waals surface area contributed by atoms with E-state index in [1.165, 1.54) is 44.0 Å². The zero-order valence-corrected chi connectivity index (χ0v) is 18.1. The fourth-order valence-electron chi connectivity index (χ4n) is 4.51. The Morgan fingerprint density at radius 2 is 1.90 bits per heavy atom.